The average Bonchev–Trinajstić information content (AvgIpc) is 2.61. The molecule has 6 nitrogen and oxygen atoms in total. The molecule has 1 aromatic carbocycles. The Labute approximate surface area is 147 Å². The van der Waals surface area contributed by atoms with Crippen molar-refractivity contribution in [1.82, 2.24) is 9.13 Å². The second-order valence-corrected chi connectivity index (χ2v) is 5.94. The van der Waals surface area contributed by atoms with E-state index in [4.69, 9.17) is 0 Å². The van der Waals surface area contributed by atoms with E-state index in [2.05, 4.69) is 5.32 Å². The highest BCUT2D eigenvalue weighted by Gasteiger charge is 2.30. The Hall–Kier alpha value is -3.02. The van der Waals surface area contributed by atoms with Crippen LogP contribution in [-0.4, -0.2) is 15.7 Å². The van der Waals surface area contributed by atoms with E-state index >= 15 is 0 Å². The Balaban J connectivity index is 2.26. The van der Waals surface area contributed by atoms with E-state index in [1.54, 1.807) is 13.0 Å². The molecule has 0 saturated carbocycles. The minimum atomic E-state index is -4.40. The molecule has 1 unspecified atom stereocenters. The fraction of sp³-hybridized carbons (Fsp3) is 0.353. The molecular weight excluding hydrogens is 349 g/mol. The smallest absolute Gasteiger partial charge is 0.369 e. The lowest BCUT2D eigenvalue weighted by Crippen LogP contribution is -2.40. The molecule has 9 heteroatoms. The molecule has 1 heterocycles. The van der Waals surface area contributed by atoms with Crippen LogP contribution in [0.3, 0.4) is 0 Å². The molecule has 0 saturated heterocycles. The number of nitrogens with one attached hydrogen (secondary N) is 1. The first-order valence-electron chi connectivity index (χ1n) is 7.69. The van der Waals surface area contributed by atoms with E-state index in [0.29, 0.717) is 5.56 Å². The topological polar surface area (TPSA) is 79.8 Å². The zero-order chi connectivity index (χ0) is 19.6. The summed E-state index contributed by atoms with van der Waals surface area (Å²) >= 11 is 0. The standard InChI is InChI=1S/C17H17F3N4O2/c1-10(11-4-6-12(7-5-11)17(18,19)20)9-22-14-13(8-21)15(25)24(3)16(26)23(14)2/h4-7,10,22H,9H2,1-3H3. The molecule has 0 amide bonds. The van der Waals surface area contributed by atoms with Crippen LogP contribution >= 0.6 is 0 Å². The Bertz CT molecular complexity index is 966. The third-order valence-corrected chi connectivity index (χ3v) is 4.16. The molecule has 0 bridgehead atoms. The largest absolute Gasteiger partial charge is 0.416 e. The number of anilines is 1. The SMILES string of the molecule is CC(CNc1c(C#N)c(=O)n(C)c(=O)n1C)c1ccc(C(F)(F)F)cc1. The number of aromatic nitrogens is 2. The Morgan fingerprint density at radius 1 is 1.15 bits per heavy atom. The summed E-state index contributed by atoms with van der Waals surface area (Å²) in [4.78, 5) is 24.0. The molecule has 0 aliphatic carbocycles. The second-order valence-electron chi connectivity index (χ2n) is 5.94. The summed E-state index contributed by atoms with van der Waals surface area (Å²) in [5.74, 6) is -0.137. The van der Waals surface area contributed by atoms with Gasteiger partial charge in [0.2, 0.25) is 0 Å². The van der Waals surface area contributed by atoms with Gasteiger partial charge in [-0.15, -0.1) is 0 Å². The van der Waals surface area contributed by atoms with Crippen LogP contribution in [0.15, 0.2) is 33.9 Å². The van der Waals surface area contributed by atoms with Gasteiger partial charge < -0.3 is 5.32 Å². The monoisotopic (exact) mass is 366 g/mol. The van der Waals surface area contributed by atoms with Crippen LogP contribution in [0.25, 0.3) is 0 Å². The van der Waals surface area contributed by atoms with E-state index in [-0.39, 0.29) is 23.8 Å². The van der Waals surface area contributed by atoms with Crippen LogP contribution < -0.4 is 16.6 Å². The van der Waals surface area contributed by atoms with E-state index < -0.39 is 23.0 Å². The molecule has 0 spiro atoms. The first kappa shape index (κ1) is 19.3. The maximum absolute atomic E-state index is 12.6. The number of halogens is 3. The van der Waals surface area contributed by atoms with Gasteiger partial charge in [0.15, 0.2) is 5.56 Å². The van der Waals surface area contributed by atoms with Gasteiger partial charge in [-0.3, -0.25) is 13.9 Å². The van der Waals surface area contributed by atoms with E-state index in [9.17, 15) is 28.0 Å². The summed E-state index contributed by atoms with van der Waals surface area (Å²) in [6.07, 6.45) is -4.40. The van der Waals surface area contributed by atoms with Crippen LogP contribution in [0.2, 0.25) is 0 Å². The minimum Gasteiger partial charge on any atom is -0.369 e. The molecule has 1 aromatic heterocycles. The zero-order valence-corrected chi connectivity index (χ0v) is 14.4. The molecule has 1 atom stereocenters. The van der Waals surface area contributed by atoms with Gasteiger partial charge in [-0.05, 0) is 23.6 Å². The summed E-state index contributed by atoms with van der Waals surface area (Å²) in [5, 5.41) is 12.1. The molecule has 138 valence electrons. The summed E-state index contributed by atoms with van der Waals surface area (Å²) in [6.45, 7) is 2.00. The van der Waals surface area contributed by atoms with Crippen LogP contribution in [0.5, 0.6) is 0 Å². The van der Waals surface area contributed by atoms with Crippen molar-refractivity contribution in [2.75, 3.05) is 11.9 Å². The molecule has 26 heavy (non-hydrogen) atoms. The number of hydrogen-bond donors (Lipinski definition) is 1. The van der Waals surface area contributed by atoms with Crippen molar-refractivity contribution in [1.29, 1.82) is 5.26 Å². The van der Waals surface area contributed by atoms with E-state index in [1.165, 1.54) is 26.2 Å². The maximum atomic E-state index is 12.6. The van der Waals surface area contributed by atoms with Crippen LogP contribution in [0.1, 0.15) is 29.5 Å². The zero-order valence-electron chi connectivity index (χ0n) is 14.4. The lowest BCUT2D eigenvalue weighted by molar-refractivity contribution is -0.137. The van der Waals surface area contributed by atoms with Gasteiger partial charge in [-0.25, -0.2) is 4.79 Å². The molecule has 0 aliphatic heterocycles. The normalized spacial score (nSPS) is 12.5. The minimum absolute atomic E-state index is 0.0827. The van der Waals surface area contributed by atoms with Gasteiger partial charge in [0.1, 0.15) is 11.9 Å². The molecule has 0 aliphatic rings. The third kappa shape index (κ3) is 3.64. The summed E-state index contributed by atoms with van der Waals surface area (Å²) in [5.41, 5.74) is -1.58. The van der Waals surface area contributed by atoms with Gasteiger partial charge in [0.05, 0.1) is 5.56 Å². The predicted molar refractivity (Wildman–Crippen MR) is 90.0 cm³/mol. The second kappa shape index (κ2) is 7.07. The van der Waals surface area contributed by atoms with Crippen molar-refractivity contribution in [3.8, 4) is 6.07 Å². The van der Waals surface area contributed by atoms with Crippen LogP contribution in [0, 0.1) is 11.3 Å². The molecule has 2 rings (SSSR count). The highest BCUT2D eigenvalue weighted by molar-refractivity contribution is 5.51. The number of alkyl halides is 3. The lowest BCUT2D eigenvalue weighted by atomic mass is 9.99. The van der Waals surface area contributed by atoms with Crippen LogP contribution in [-0.2, 0) is 20.3 Å². The summed E-state index contributed by atoms with van der Waals surface area (Å²) in [6, 6.07) is 6.54. The van der Waals surface area contributed by atoms with Crippen molar-refractivity contribution in [2.24, 2.45) is 14.1 Å². The summed E-state index contributed by atoms with van der Waals surface area (Å²) < 4.78 is 39.8. The highest BCUT2D eigenvalue weighted by Crippen LogP contribution is 2.30. The maximum Gasteiger partial charge on any atom is 0.416 e. The van der Waals surface area contributed by atoms with Crippen molar-refractivity contribution >= 4 is 5.82 Å². The lowest BCUT2D eigenvalue weighted by Gasteiger charge is -2.18. The Morgan fingerprint density at radius 2 is 1.73 bits per heavy atom. The number of benzene rings is 1. The summed E-state index contributed by atoms with van der Waals surface area (Å²) in [7, 11) is 2.70. The number of hydrogen-bond acceptors (Lipinski definition) is 4. The third-order valence-electron chi connectivity index (χ3n) is 4.16. The van der Waals surface area contributed by atoms with Crippen molar-refractivity contribution < 1.29 is 13.2 Å². The number of nitriles is 1. The van der Waals surface area contributed by atoms with Gasteiger partial charge in [0.25, 0.3) is 5.56 Å². The number of rotatable bonds is 4. The van der Waals surface area contributed by atoms with Gasteiger partial charge >= 0.3 is 11.9 Å². The first-order chi connectivity index (χ1) is 12.1. The Kier molecular flexibility index (Phi) is 5.25. The van der Waals surface area contributed by atoms with Gasteiger partial charge in [-0.2, -0.15) is 18.4 Å². The average molecular weight is 366 g/mol. The fourth-order valence-corrected chi connectivity index (χ4v) is 2.52. The highest BCUT2D eigenvalue weighted by atomic mass is 19.4. The molecule has 0 radical (unpaired) electrons. The Morgan fingerprint density at radius 3 is 2.23 bits per heavy atom. The van der Waals surface area contributed by atoms with E-state index in [1.807, 2.05) is 0 Å². The van der Waals surface area contributed by atoms with Crippen LogP contribution in [0.4, 0.5) is 19.0 Å². The molecule has 1 N–H and O–H groups in total. The van der Waals surface area contributed by atoms with Crippen molar-refractivity contribution in [2.45, 2.75) is 19.0 Å². The molecule has 0 fully saturated rings. The molecular formula is C17H17F3N4O2. The predicted octanol–water partition coefficient (Wildman–Crippen LogP) is 2.19. The van der Waals surface area contributed by atoms with Crippen molar-refractivity contribution in [3.05, 3.63) is 61.8 Å². The number of nitrogens with zero attached hydrogens (tertiary/aromatic N) is 3. The first-order valence-corrected chi connectivity index (χ1v) is 7.69. The van der Waals surface area contributed by atoms with Gasteiger partial charge in [0, 0.05) is 20.6 Å². The molecule has 2 aromatic rings. The van der Waals surface area contributed by atoms with Gasteiger partial charge in [-0.1, -0.05) is 19.1 Å². The quantitative estimate of drug-likeness (QED) is 0.900. The van der Waals surface area contributed by atoms with E-state index in [0.717, 1.165) is 21.3 Å². The fourth-order valence-electron chi connectivity index (χ4n) is 2.52. The van der Waals surface area contributed by atoms with Crippen molar-refractivity contribution in [3.63, 3.8) is 0 Å².